The zero-order valence-electron chi connectivity index (χ0n) is 12.1. The molecule has 1 atom stereocenters. The summed E-state index contributed by atoms with van der Waals surface area (Å²) in [5, 5.41) is 4.04. The molecule has 1 N–H and O–H groups in total. The number of aldehydes is 1. The van der Waals surface area contributed by atoms with E-state index in [1.807, 2.05) is 4.90 Å². The largest absolute Gasteiger partial charge is 0.303 e. The number of piperidine rings is 1. The summed E-state index contributed by atoms with van der Waals surface area (Å²) in [6.07, 6.45) is 3.95. The van der Waals surface area contributed by atoms with E-state index in [4.69, 9.17) is 0 Å². The van der Waals surface area contributed by atoms with Crippen LogP contribution in [0.4, 0.5) is 5.13 Å². The summed E-state index contributed by atoms with van der Waals surface area (Å²) in [5.74, 6) is 0.945. The first-order valence-electron chi connectivity index (χ1n) is 7.15. The number of nitrogens with one attached hydrogen (secondary N) is 1. The van der Waals surface area contributed by atoms with E-state index >= 15 is 0 Å². The topological polar surface area (TPSA) is 75.2 Å². The molecule has 0 spiro atoms. The maximum absolute atomic E-state index is 12.0. The first-order valence-corrected chi connectivity index (χ1v) is 8.91. The second kappa shape index (κ2) is 8.45. The third-order valence-electron chi connectivity index (χ3n) is 3.19. The monoisotopic (exact) mass is 328 g/mol. The molecule has 1 amide bonds. The molecule has 116 valence electrons. The summed E-state index contributed by atoms with van der Waals surface area (Å²) in [7, 11) is 0. The van der Waals surface area contributed by atoms with Gasteiger partial charge in [0.1, 0.15) is 6.29 Å². The fraction of sp³-hybridized carbons (Fsp3) is 0.692. The molecule has 0 aromatic carbocycles. The molecule has 1 unspecified atom stereocenters. The highest BCUT2D eigenvalue weighted by atomic mass is 32.2. The summed E-state index contributed by atoms with van der Waals surface area (Å²) in [5.41, 5.74) is 0. The van der Waals surface area contributed by atoms with Crippen LogP contribution in [0, 0.1) is 5.92 Å². The second-order valence-electron chi connectivity index (χ2n) is 5.05. The Bertz CT molecular complexity index is 480. The van der Waals surface area contributed by atoms with Gasteiger partial charge in [-0.3, -0.25) is 15.0 Å². The first-order chi connectivity index (χ1) is 10.2. The average Bonchev–Trinajstić information content (AvgIpc) is 2.92. The van der Waals surface area contributed by atoms with Crippen molar-refractivity contribution in [2.75, 3.05) is 30.7 Å². The lowest BCUT2D eigenvalue weighted by Crippen LogP contribution is -2.40. The predicted octanol–water partition coefficient (Wildman–Crippen LogP) is 1.89. The minimum Gasteiger partial charge on any atom is -0.303 e. The number of carbonyl (C=O) groups excluding carboxylic acids is 2. The maximum atomic E-state index is 12.0. The molecule has 2 rings (SSSR count). The van der Waals surface area contributed by atoms with E-state index in [0.717, 1.165) is 43.0 Å². The van der Waals surface area contributed by atoms with Crippen LogP contribution in [0.3, 0.4) is 0 Å². The van der Waals surface area contributed by atoms with Crippen LogP contribution in [0.5, 0.6) is 0 Å². The number of nitrogens with zero attached hydrogens (tertiary/aromatic N) is 3. The maximum Gasteiger partial charge on any atom is 0.240 e. The smallest absolute Gasteiger partial charge is 0.240 e. The molecule has 1 aromatic heterocycles. The minimum atomic E-state index is -0.0928. The van der Waals surface area contributed by atoms with Gasteiger partial charge in [0.05, 0.1) is 6.54 Å². The number of amides is 1. The molecule has 1 aliphatic heterocycles. The molecule has 8 heteroatoms. The molecule has 0 saturated carbocycles. The zero-order chi connectivity index (χ0) is 15.1. The van der Waals surface area contributed by atoms with Gasteiger partial charge in [0.2, 0.25) is 16.2 Å². The molecule has 6 nitrogen and oxygen atoms in total. The van der Waals surface area contributed by atoms with Gasteiger partial charge < -0.3 is 4.79 Å². The average molecular weight is 328 g/mol. The summed E-state index contributed by atoms with van der Waals surface area (Å²) in [6, 6.07) is 0. The van der Waals surface area contributed by atoms with Crippen molar-refractivity contribution >= 4 is 40.6 Å². The van der Waals surface area contributed by atoms with Crippen LogP contribution in [-0.4, -0.2) is 51.8 Å². The lowest BCUT2D eigenvalue weighted by atomic mass is 10.00. The van der Waals surface area contributed by atoms with E-state index in [0.29, 0.717) is 18.2 Å². The second-order valence-corrected chi connectivity index (χ2v) is 6.87. The van der Waals surface area contributed by atoms with Crippen LogP contribution >= 0.6 is 23.3 Å². The van der Waals surface area contributed by atoms with Gasteiger partial charge in [-0.2, -0.15) is 9.36 Å². The first kappa shape index (κ1) is 16.4. The molecule has 1 saturated heterocycles. The van der Waals surface area contributed by atoms with Gasteiger partial charge in [-0.25, -0.2) is 0 Å². The SMILES string of the molecule is CCCSc1nsc(NC(=O)CN2CCCC(C=O)C2)n1. The lowest BCUT2D eigenvalue weighted by molar-refractivity contribution is -0.119. The molecular weight excluding hydrogens is 308 g/mol. The molecule has 21 heavy (non-hydrogen) atoms. The third kappa shape index (κ3) is 5.37. The van der Waals surface area contributed by atoms with Crippen LogP contribution in [0.2, 0.25) is 0 Å². The van der Waals surface area contributed by atoms with Gasteiger partial charge in [-0.05, 0) is 25.8 Å². The summed E-state index contributed by atoms with van der Waals surface area (Å²) < 4.78 is 4.20. The van der Waals surface area contributed by atoms with Crippen LogP contribution in [0.25, 0.3) is 0 Å². The van der Waals surface area contributed by atoms with Crippen molar-refractivity contribution in [3.05, 3.63) is 0 Å². The number of hydrogen-bond donors (Lipinski definition) is 1. The number of rotatable bonds is 7. The Kier molecular flexibility index (Phi) is 6.59. The Morgan fingerprint density at radius 3 is 3.24 bits per heavy atom. The van der Waals surface area contributed by atoms with Crippen molar-refractivity contribution in [2.45, 2.75) is 31.3 Å². The minimum absolute atomic E-state index is 0.0603. The van der Waals surface area contributed by atoms with E-state index in [1.165, 1.54) is 11.5 Å². The number of hydrogen-bond acceptors (Lipinski definition) is 7. The number of carbonyl (C=O) groups is 2. The van der Waals surface area contributed by atoms with Crippen LogP contribution in [0.15, 0.2) is 5.16 Å². The molecule has 1 aliphatic rings. The van der Waals surface area contributed by atoms with E-state index in [9.17, 15) is 9.59 Å². The molecule has 1 fully saturated rings. The Labute approximate surface area is 132 Å². The summed E-state index contributed by atoms with van der Waals surface area (Å²) >= 11 is 2.80. The Morgan fingerprint density at radius 1 is 1.62 bits per heavy atom. The quantitative estimate of drug-likeness (QED) is 0.608. The fourth-order valence-corrected chi connectivity index (χ4v) is 3.64. The van der Waals surface area contributed by atoms with Crippen LogP contribution < -0.4 is 5.32 Å². The standard InChI is InChI=1S/C13H20N4O2S2/c1-2-6-20-13-15-12(21-16-13)14-11(19)8-17-5-3-4-10(7-17)9-18/h9-10H,2-8H2,1H3,(H,14,15,16,19). The zero-order valence-corrected chi connectivity index (χ0v) is 13.7. The molecule has 0 radical (unpaired) electrons. The number of likely N-dealkylation sites (tertiary alicyclic amines) is 1. The third-order valence-corrected chi connectivity index (χ3v) is 4.99. The highest BCUT2D eigenvalue weighted by Gasteiger charge is 2.21. The number of aromatic nitrogens is 2. The number of anilines is 1. The lowest BCUT2D eigenvalue weighted by Gasteiger charge is -2.29. The van der Waals surface area contributed by atoms with Gasteiger partial charge in [0.25, 0.3) is 0 Å². The Morgan fingerprint density at radius 2 is 2.48 bits per heavy atom. The normalized spacial score (nSPS) is 19.4. The van der Waals surface area contributed by atoms with E-state index < -0.39 is 0 Å². The summed E-state index contributed by atoms with van der Waals surface area (Å²) in [6.45, 7) is 3.95. The molecule has 1 aromatic rings. The highest BCUT2D eigenvalue weighted by Crippen LogP contribution is 2.20. The van der Waals surface area contributed by atoms with E-state index in [1.54, 1.807) is 11.8 Å². The Balaban J connectivity index is 1.78. The Hall–Kier alpha value is -0.990. The van der Waals surface area contributed by atoms with Crippen molar-refractivity contribution in [3.8, 4) is 0 Å². The van der Waals surface area contributed by atoms with Gasteiger partial charge in [-0.15, -0.1) is 0 Å². The summed E-state index contributed by atoms with van der Waals surface area (Å²) in [4.78, 5) is 29.1. The van der Waals surface area contributed by atoms with Gasteiger partial charge in [-0.1, -0.05) is 18.7 Å². The molecule has 0 bridgehead atoms. The predicted molar refractivity (Wildman–Crippen MR) is 84.8 cm³/mol. The van der Waals surface area contributed by atoms with Gasteiger partial charge in [0, 0.05) is 29.7 Å². The van der Waals surface area contributed by atoms with Crippen molar-refractivity contribution in [2.24, 2.45) is 5.92 Å². The van der Waals surface area contributed by atoms with E-state index in [2.05, 4.69) is 21.6 Å². The van der Waals surface area contributed by atoms with Crippen LogP contribution in [-0.2, 0) is 9.59 Å². The van der Waals surface area contributed by atoms with Gasteiger partial charge in [0.15, 0.2) is 0 Å². The highest BCUT2D eigenvalue weighted by molar-refractivity contribution is 7.99. The molecular formula is C13H20N4O2S2. The van der Waals surface area contributed by atoms with Crippen molar-refractivity contribution in [3.63, 3.8) is 0 Å². The van der Waals surface area contributed by atoms with Crippen molar-refractivity contribution in [1.29, 1.82) is 0 Å². The van der Waals surface area contributed by atoms with Crippen molar-refractivity contribution in [1.82, 2.24) is 14.3 Å². The number of thioether (sulfide) groups is 1. The van der Waals surface area contributed by atoms with Crippen molar-refractivity contribution < 1.29 is 9.59 Å². The fourth-order valence-electron chi connectivity index (χ4n) is 2.22. The molecule has 2 heterocycles. The van der Waals surface area contributed by atoms with Crippen LogP contribution in [0.1, 0.15) is 26.2 Å². The molecule has 0 aliphatic carbocycles. The van der Waals surface area contributed by atoms with Gasteiger partial charge >= 0.3 is 0 Å². The van der Waals surface area contributed by atoms with E-state index in [-0.39, 0.29) is 11.8 Å².